The van der Waals surface area contributed by atoms with Crippen molar-refractivity contribution in [2.24, 2.45) is 0 Å². The van der Waals surface area contributed by atoms with Crippen LogP contribution in [0.4, 0.5) is 5.69 Å². The number of H-pyrrole nitrogens is 1. The van der Waals surface area contributed by atoms with Crippen molar-refractivity contribution in [3.8, 4) is 17.3 Å². The van der Waals surface area contributed by atoms with Crippen molar-refractivity contribution in [3.05, 3.63) is 36.0 Å². The molecule has 2 aromatic rings. The maximum Gasteiger partial charge on any atom is 0.0991 e. The van der Waals surface area contributed by atoms with Crippen LogP contribution in [0, 0.1) is 11.3 Å². The van der Waals surface area contributed by atoms with Crippen LogP contribution in [0.2, 0.25) is 0 Å². The number of benzene rings is 1. The number of nitrogen functional groups attached to an aromatic ring is 1. The lowest BCUT2D eigenvalue weighted by Gasteiger charge is -1.98. The van der Waals surface area contributed by atoms with Crippen LogP contribution in [-0.2, 0) is 0 Å². The third-order valence-electron chi connectivity index (χ3n) is 1.97. The van der Waals surface area contributed by atoms with Crippen LogP contribution in [0.1, 0.15) is 5.56 Å². The summed E-state index contributed by atoms with van der Waals surface area (Å²) in [5.41, 5.74) is 8.64. The molecule has 1 aromatic heterocycles. The second kappa shape index (κ2) is 3.23. The van der Waals surface area contributed by atoms with Gasteiger partial charge in [-0.1, -0.05) is 12.1 Å². The Morgan fingerprint density at radius 3 is 2.50 bits per heavy atom. The van der Waals surface area contributed by atoms with Gasteiger partial charge in [0.25, 0.3) is 0 Å². The van der Waals surface area contributed by atoms with E-state index in [2.05, 4.69) is 16.3 Å². The van der Waals surface area contributed by atoms with Crippen LogP contribution in [0.3, 0.4) is 0 Å². The molecule has 0 fully saturated rings. The number of nitrogens with two attached hydrogens (primary N) is 1. The van der Waals surface area contributed by atoms with Gasteiger partial charge in [-0.15, -0.1) is 0 Å². The van der Waals surface area contributed by atoms with Gasteiger partial charge in [0.15, 0.2) is 0 Å². The van der Waals surface area contributed by atoms with E-state index in [9.17, 15) is 0 Å². The van der Waals surface area contributed by atoms with Crippen LogP contribution in [0.15, 0.2) is 30.5 Å². The first-order valence-electron chi connectivity index (χ1n) is 4.10. The average Bonchev–Trinajstić information content (AvgIpc) is 2.65. The molecule has 4 nitrogen and oxygen atoms in total. The van der Waals surface area contributed by atoms with Gasteiger partial charge in [-0.3, -0.25) is 5.10 Å². The van der Waals surface area contributed by atoms with Crippen molar-refractivity contribution in [2.45, 2.75) is 0 Å². The van der Waals surface area contributed by atoms with E-state index < -0.39 is 0 Å². The summed E-state index contributed by atoms with van der Waals surface area (Å²) in [7, 11) is 0. The Bertz CT molecular complexity index is 476. The van der Waals surface area contributed by atoms with Crippen molar-refractivity contribution in [3.63, 3.8) is 0 Å². The Balaban J connectivity index is 2.45. The standard InChI is InChI=1S/C10H8N4/c11-5-7-1-3-8(4-2-7)10-9(12)6-13-14-10/h1-4,6H,12H2,(H,13,14). The Labute approximate surface area is 81.0 Å². The van der Waals surface area contributed by atoms with Crippen LogP contribution < -0.4 is 5.73 Å². The van der Waals surface area contributed by atoms with Crippen LogP contribution in [0.5, 0.6) is 0 Å². The molecule has 0 saturated carbocycles. The minimum atomic E-state index is 0.606. The van der Waals surface area contributed by atoms with E-state index >= 15 is 0 Å². The predicted molar refractivity (Wildman–Crippen MR) is 53.2 cm³/mol. The molecule has 68 valence electrons. The Kier molecular flexibility index (Phi) is 1.92. The van der Waals surface area contributed by atoms with E-state index in [0.29, 0.717) is 11.3 Å². The molecule has 0 atom stereocenters. The smallest absolute Gasteiger partial charge is 0.0991 e. The fourth-order valence-electron chi connectivity index (χ4n) is 1.24. The summed E-state index contributed by atoms with van der Waals surface area (Å²) in [6.45, 7) is 0. The van der Waals surface area contributed by atoms with Crippen LogP contribution >= 0.6 is 0 Å². The molecule has 0 unspecified atom stereocenters. The number of hydrogen-bond donors (Lipinski definition) is 2. The first-order valence-corrected chi connectivity index (χ1v) is 4.10. The summed E-state index contributed by atoms with van der Waals surface area (Å²) in [5, 5.41) is 15.2. The summed E-state index contributed by atoms with van der Waals surface area (Å²) in [6.07, 6.45) is 1.56. The summed E-state index contributed by atoms with van der Waals surface area (Å²) in [5.74, 6) is 0. The molecule has 1 aromatic carbocycles. The number of nitrogens with one attached hydrogen (secondary N) is 1. The highest BCUT2D eigenvalue weighted by Crippen LogP contribution is 2.22. The molecule has 0 radical (unpaired) electrons. The zero-order chi connectivity index (χ0) is 9.97. The average molecular weight is 184 g/mol. The van der Waals surface area contributed by atoms with E-state index in [1.165, 1.54) is 0 Å². The molecule has 14 heavy (non-hydrogen) atoms. The number of aromatic amines is 1. The van der Waals surface area contributed by atoms with Crippen molar-refractivity contribution < 1.29 is 0 Å². The topological polar surface area (TPSA) is 78.5 Å². The fraction of sp³-hybridized carbons (Fsp3) is 0. The SMILES string of the molecule is N#Cc1ccc(-c2[nH]ncc2N)cc1. The summed E-state index contributed by atoms with van der Waals surface area (Å²) >= 11 is 0. The highest BCUT2D eigenvalue weighted by atomic mass is 15.1. The van der Waals surface area contributed by atoms with Gasteiger partial charge < -0.3 is 5.73 Å². The lowest BCUT2D eigenvalue weighted by Crippen LogP contribution is -1.86. The Morgan fingerprint density at radius 1 is 1.29 bits per heavy atom. The lowest BCUT2D eigenvalue weighted by molar-refractivity contribution is 1.10. The second-order valence-corrected chi connectivity index (χ2v) is 2.89. The zero-order valence-corrected chi connectivity index (χ0v) is 7.36. The molecular formula is C10H8N4. The maximum absolute atomic E-state index is 8.62. The molecule has 0 aliphatic heterocycles. The molecule has 0 saturated heterocycles. The molecule has 0 aliphatic carbocycles. The van der Waals surface area contributed by atoms with Crippen molar-refractivity contribution in [1.82, 2.24) is 10.2 Å². The third kappa shape index (κ3) is 1.31. The molecule has 0 aliphatic rings. The van der Waals surface area contributed by atoms with Gasteiger partial charge >= 0.3 is 0 Å². The van der Waals surface area contributed by atoms with E-state index in [4.69, 9.17) is 11.0 Å². The van der Waals surface area contributed by atoms with Gasteiger partial charge in [0.05, 0.1) is 29.2 Å². The number of nitriles is 1. The highest BCUT2D eigenvalue weighted by molar-refractivity contribution is 5.71. The van der Waals surface area contributed by atoms with E-state index in [0.717, 1.165) is 11.3 Å². The van der Waals surface area contributed by atoms with Crippen molar-refractivity contribution >= 4 is 5.69 Å². The van der Waals surface area contributed by atoms with Crippen molar-refractivity contribution in [1.29, 1.82) is 5.26 Å². The molecule has 0 spiro atoms. The molecular weight excluding hydrogens is 176 g/mol. The first kappa shape index (κ1) is 8.32. The van der Waals surface area contributed by atoms with Crippen molar-refractivity contribution in [2.75, 3.05) is 5.73 Å². The normalized spacial score (nSPS) is 9.64. The Hall–Kier alpha value is -2.28. The molecule has 0 bridgehead atoms. The summed E-state index contributed by atoms with van der Waals surface area (Å²) in [4.78, 5) is 0. The lowest BCUT2D eigenvalue weighted by atomic mass is 10.1. The van der Waals surface area contributed by atoms with E-state index in [-0.39, 0.29) is 0 Å². The van der Waals surface area contributed by atoms with Crippen LogP contribution in [0.25, 0.3) is 11.3 Å². The number of nitrogens with zero attached hydrogens (tertiary/aromatic N) is 2. The molecule has 4 heteroatoms. The monoisotopic (exact) mass is 184 g/mol. The van der Waals surface area contributed by atoms with E-state index in [1.54, 1.807) is 18.3 Å². The zero-order valence-electron chi connectivity index (χ0n) is 7.36. The molecule has 2 rings (SSSR count). The number of hydrogen-bond acceptors (Lipinski definition) is 3. The highest BCUT2D eigenvalue weighted by Gasteiger charge is 2.03. The summed E-state index contributed by atoms with van der Waals surface area (Å²) in [6, 6.07) is 9.22. The Morgan fingerprint density at radius 2 is 2.00 bits per heavy atom. The van der Waals surface area contributed by atoms with Gasteiger partial charge in [-0.2, -0.15) is 10.4 Å². The van der Waals surface area contributed by atoms with Gasteiger partial charge in [-0.25, -0.2) is 0 Å². The number of anilines is 1. The third-order valence-corrected chi connectivity index (χ3v) is 1.97. The van der Waals surface area contributed by atoms with Gasteiger partial charge in [0.2, 0.25) is 0 Å². The first-order chi connectivity index (χ1) is 6.81. The maximum atomic E-state index is 8.62. The van der Waals surface area contributed by atoms with Crippen LogP contribution in [-0.4, -0.2) is 10.2 Å². The predicted octanol–water partition coefficient (Wildman–Crippen LogP) is 1.53. The van der Waals surface area contributed by atoms with Gasteiger partial charge in [-0.05, 0) is 12.1 Å². The largest absolute Gasteiger partial charge is 0.396 e. The number of rotatable bonds is 1. The molecule has 1 heterocycles. The minimum Gasteiger partial charge on any atom is -0.396 e. The molecule has 0 amide bonds. The summed E-state index contributed by atoms with van der Waals surface area (Å²) < 4.78 is 0. The van der Waals surface area contributed by atoms with Gasteiger partial charge in [0, 0.05) is 5.56 Å². The minimum absolute atomic E-state index is 0.606. The second-order valence-electron chi connectivity index (χ2n) is 2.89. The quantitative estimate of drug-likeness (QED) is 0.705. The number of aromatic nitrogens is 2. The molecule has 3 N–H and O–H groups in total. The fourth-order valence-corrected chi connectivity index (χ4v) is 1.24. The van der Waals surface area contributed by atoms with Gasteiger partial charge in [0.1, 0.15) is 0 Å². The van der Waals surface area contributed by atoms with E-state index in [1.807, 2.05) is 12.1 Å².